The summed E-state index contributed by atoms with van der Waals surface area (Å²) >= 11 is 5.64. The zero-order valence-corrected chi connectivity index (χ0v) is 6.64. The smallest absolute Gasteiger partial charge is 0.221 e. The average Bonchev–Trinajstić information content (AvgIpc) is 1.93. The molecule has 1 N–H and O–H groups in total. The van der Waals surface area contributed by atoms with Gasteiger partial charge < -0.3 is 5.32 Å². The highest BCUT2D eigenvalue weighted by molar-refractivity contribution is 6.33. The van der Waals surface area contributed by atoms with Crippen LogP contribution >= 0.6 is 11.6 Å². The van der Waals surface area contributed by atoms with Crippen molar-refractivity contribution in [3.63, 3.8) is 0 Å². The largest absolute Gasteiger partial charge is 0.325 e. The highest BCUT2D eigenvalue weighted by Crippen LogP contribution is 2.17. The molecule has 1 amide bonds. The standard InChI is InChI=1S/C7H6ClN2O/c1-5(11)10-7-2-3-9-4-6(7)8/h2-3H,1H3,(H,9,10,11). The number of halogens is 1. The number of hydrogen-bond acceptors (Lipinski definition) is 2. The van der Waals surface area contributed by atoms with Crippen LogP contribution in [0.2, 0.25) is 5.02 Å². The van der Waals surface area contributed by atoms with Crippen LogP contribution in [0.25, 0.3) is 0 Å². The molecular weight excluding hydrogens is 164 g/mol. The lowest BCUT2D eigenvalue weighted by atomic mass is 10.4. The highest BCUT2D eigenvalue weighted by atomic mass is 35.5. The van der Waals surface area contributed by atoms with E-state index in [0.717, 1.165) is 0 Å². The fourth-order valence-electron chi connectivity index (χ4n) is 0.625. The maximum absolute atomic E-state index is 10.6. The molecule has 0 unspecified atom stereocenters. The minimum absolute atomic E-state index is 0.161. The molecule has 0 saturated heterocycles. The third-order valence-electron chi connectivity index (χ3n) is 1.03. The maximum Gasteiger partial charge on any atom is 0.221 e. The number of carbonyl (C=O) groups is 1. The molecule has 0 saturated carbocycles. The second kappa shape index (κ2) is 3.34. The predicted octanol–water partition coefficient (Wildman–Crippen LogP) is 1.49. The molecule has 1 heterocycles. The van der Waals surface area contributed by atoms with E-state index in [1.165, 1.54) is 13.1 Å². The zero-order chi connectivity index (χ0) is 8.27. The van der Waals surface area contributed by atoms with Crippen molar-refractivity contribution in [3.05, 3.63) is 23.5 Å². The monoisotopic (exact) mass is 169 g/mol. The number of nitrogens with one attached hydrogen (secondary N) is 1. The average molecular weight is 170 g/mol. The van der Waals surface area contributed by atoms with E-state index in [-0.39, 0.29) is 5.91 Å². The lowest BCUT2D eigenvalue weighted by molar-refractivity contribution is -0.114. The number of anilines is 1. The quantitative estimate of drug-likeness (QED) is 0.692. The molecule has 11 heavy (non-hydrogen) atoms. The Hall–Kier alpha value is -1.09. The summed E-state index contributed by atoms with van der Waals surface area (Å²) in [6.07, 6.45) is 4.02. The Labute approximate surface area is 69.4 Å². The van der Waals surface area contributed by atoms with Crippen LogP contribution in [0, 0.1) is 6.20 Å². The normalized spacial score (nSPS) is 9.27. The summed E-state index contributed by atoms with van der Waals surface area (Å²) in [6, 6.07) is 1.61. The summed E-state index contributed by atoms with van der Waals surface area (Å²) in [7, 11) is 0. The topological polar surface area (TPSA) is 42.0 Å². The van der Waals surface area contributed by atoms with Crippen LogP contribution < -0.4 is 5.32 Å². The fourth-order valence-corrected chi connectivity index (χ4v) is 0.784. The number of carbonyl (C=O) groups excluding carboxylic acids is 1. The van der Waals surface area contributed by atoms with E-state index in [2.05, 4.69) is 16.5 Å². The van der Waals surface area contributed by atoms with Gasteiger partial charge in [-0.2, -0.15) is 0 Å². The van der Waals surface area contributed by atoms with Crippen molar-refractivity contribution in [3.8, 4) is 0 Å². The first kappa shape index (κ1) is 8.01. The van der Waals surface area contributed by atoms with Gasteiger partial charge in [-0.3, -0.25) is 9.78 Å². The highest BCUT2D eigenvalue weighted by Gasteiger charge is 1.99. The van der Waals surface area contributed by atoms with Gasteiger partial charge in [0, 0.05) is 13.1 Å². The Bertz CT molecular complexity index is 275. The molecule has 1 aromatic heterocycles. The Morgan fingerprint density at radius 1 is 1.82 bits per heavy atom. The summed E-state index contributed by atoms with van der Waals surface area (Å²) < 4.78 is 0. The van der Waals surface area contributed by atoms with E-state index in [1.54, 1.807) is 6.07 Å². The van der Waals surface area contributed by atoms with Crippen molar-refractivity contribution in [2.45, 2.75) is 6.92 Å². The molecule has 3 nitrogen and oxygen atoms in total. The number of hydrogen-bond donors (Lipinski definition) is 1. The molecular formula is C7H6ClN2O. The van der Waals surface area contributed by atoms with Crippen molar-refractivity contribution in [2.24, 2.45) is 0 Å². The summed E-state index contributed by atoms with van der Waals surface area (Å²) in [6.45, 7) is 1.41. The van der Waals surface area contributed by atoms with Crippen LogP contribution in [0.4, 0.5) is 5.69 Å². The predicted molar refractivity (Wildman–Crippen MR) is 42.4 cm³/mol. The minimum Gasteiger partial charge on any atom is -0.325 e. The molecule has 0 atom stereocenters. The van der Waals surface area contributed by atoms with Crippen molar-refractivity contribution in [2.75, 3.05) is 5.32 Å². The molecule has 0 aliphatic heterocycles. The van der Waals surface area contributed by atoms with Gasteiger partial charge in [0.15, 0.2) is 0 Å². The first-order chi connectivity index (χ1) is 5.20. The third-order valence-corrected chi connectivity index (χ3v) is 1.31. The van der Waals surface area contributed by atoms with Gasteiger partial charge in [-0.15, -0.1) is 0 Å². The lowest BCUT2D eigenvalue weighted by Gasteiger charge is -2.01. The zero-order valence-electron chi connectivity index (χ0n) is 5.89. The lowest BCUT2D eigenvalue weighted by Crippen LogP contribution is -2.06. The first-order valence-corrected chi connectivity index (χ1v) is 3.37. The van der Waals surface area contributed by atoms with Crippen molar-refractivity contribution in [1.82, 2.24) is 4.98 Å². The summed E-state index contributed by atoms with van der Waals surface area (Å²) in [4.78, 5) is 14.2. The Balaban J connectivity index is 2.86. The summed E-state index contributed by atoms with van der Waals surface area (Å²) in [5.74, 6) is -0.161. The third kappa shape index (κ3) is 2.20. The molecule has 0 aliphatic carbocycles. The molecule has 57 valence electrons. The summed E-state index contributed by atoms with van der Waals surface area (Å²) in [5, 5.41) is 2.85. The summed E-state index contributed by atoms with van der Waals surface area (Å²) in [5.41, 5.74) is 0.536. The van der Waals surface area contributed by atoms with E-state index < -0.39 is 0 Å². The molecule has 1 aromatic rings. The number of amides is 1. The molecule has 0 spiro atoms. The van der Waals surface area contributed by atoms with Crippen LogP contribution in [0.3, 0.4) is 0 Å². The minimum atomic E-state index is -0.161. The van der Waals surface area contributed by atoms with Crippen LogP contribution in [-0.2, 0) is 4.79 Å². The van der Waals surface area contributed by atoms with Gasteiger partial charge in [0.25, 0.3) is 0 Å². The van der Waals surface area contributed by atoms with Crippen molar-refractivity contribution in [1.29, 1.82) is 0 Å². The Morgan fingerprint density at radius 3 is 3.09 bits per heavy atom. The van der Waals surface area contributed by atoms with E-state index in [4.69, 9.17) is 11.6 Å². The number of nitrogens with zero attached hydrogens (tertiary/aromatic N) is 1. The first-order valence-electron chi connectivity index (χ1n) is 3.00. The fraction of sp³-hybridized carbons (Fsp3) is 0.143. The molecule has 0 aromatic carbocycles. The van der Waals surface area contributed by atoms with Gasteiger partial charge in [0.05, 0.1) is 10.7 Å². The number of pyridine rings is 1. The number of aromatic nitrogens is 1. The number of rotatable bonds is 1. The van der Waals surface area contributed by atoms with Gasteiger partial charge >= 0.3 is 0 Å². The Kier molecular flexibility index (Phi) is 2.44. The van der Waals surface area contributed by atoms with Crippen LogP contribution in [0.15, 0.2) is 12.3 Å². The maximum atomic E-state index is 10.6. The van der Waals surface area contributed by atoms with Crippen LogP contribution in [0.1, 0.15) is 6.92 Å². The van der Waals surface area contributed by atoms with Crippen molar-refractivity contribution >= 4 is 23.2 Å². The Morgan fingerprint density at radius 2 is 2.55 bits per heavy atom. The van der Waals surface area contributed by atoms with Gasteiger partial charge in [0.2, 0.25) is 5.91 Å². The molecule has 0 bridgehead atoms. The van der Waals surface area contributed by atoms with E-state index >= 15 is 0 Å². The molecule has 1 radical (unpaired) electrons. The van der Waals surface area contributed by atoms with E-state index in [9.17, 15) is 4.79 Å². The van der Waals surface area contributed by atoms with E-state index in [0.29, 0.717) is 10.7 Å². The van der Waals surface area contributed by atoms with Gasteiger partial charge in [-0.1, -0.05) is 11.6 Å². The molecule has 0 aliphatic rings. The van der Waals surface area contributed by atoms with E-state index in [1.807, 2.05) is 0 Å². The van der Waals surface area contributed by atoms with Crippen LogP contribution in [-0.4, -0.2) is 10.9 Å². The van der Waals surface area contributed by atoms with Crippen LogP contribution in [0.5, 0.6) is 0 Å². The van der Waals surface area contributed by atoms with Gasteiger partial charge in [-0.25, -0.2) is 0 Å². The molecule has 0 fully saturated rings. The molecule has 1 rings (SSSR count). The molecule has 4 heteroatoms. The second-order valence-electron chi connectivity index (χ2n) is 1.97. The van der Waals surface area contributed by atoms with Crippen molar-refractivity contribution < 1.29 is 4.79 Å². The van der Waals surface area contributed by atoms with Gasteiger partial charge in [0.1, 0.15) is 6.20 Å². The second-order valence-corrected chi connectivity index (χ2v) is 2.34. The SMILES string of the molecule is CC(=O)Nc1ccn[c]c1Cl. The van der Waals surface area contributed by atoms with Gasteiger partial charge in [-0.05, 0) is 6.07 Å².